The largest absolute Gasteiger partial charge is 0.335 e. The summed E-state index contributed by atoms with van der Waals surface area (Å²) in [7, 11) is 0. The minimum Gasteiger partial charge on any atom is -0.335 e. The average Bonchev–Trinajstić information content (AvgIpc) is 3.23. The molecule has 1 aromatic heterocycles. The van der Waals surface area contributed by atoms with E-state index in [0.29, 0.717) is 11.6 Å². The van der Waals surface area contributed by atoms with Gasteiger partial charge in [0, 0.05) is 18.3 Å². The van der Waals surface area contributed by atoms with Crippen molar-refractivity contribution in [3.05, 3.63) is 33.7 Å². The van der Waals surface area contributed by atoms with Crippen LogP contribution < -0.4 is 5.56 Å². The van der Waals surface area contributed by atoms with Gasteiger partial charge in [-0.2, -0.15) is 0 Å². The van der Waals surface area contributed by atoms with Crippen molar-refractivity contribution < 1.29 is 4.79 Å². The first-order chi connectivity index (χ1) is 11.1. The van der Waals surface area contributed by atoms with Crippen LogP contribution in [0.15, 0.2) is 16.9 Å². The van der Waals surface area contributed by atoms with Crippen LogP contribution in [0.5, 0.6) is 0 Å². The van der Waals surface area contributed by atoms with Gasteiger partial charge in [-0.25, -0.2) is 0 Å². The van der Waals surface area contributed by atoms with Gasteiger partial charge in [0.25, 0.3) is 11.5 Å². The summed E-state index contributed by atoms with van der Waals surface area (Å²) in [6.45, 7) is 2.64. The van der Waals surface area contributed by atoms with E-state index < -0.39 is 0 Å². The van der Waals surface area contributed by atoms with Gasteiger partial charge >= 0.3 is 0 Å². The summed E-state index contributed by atoms with van der Waals surface area (Å²) >= 11 is 0. The third-order valence-corrected chi connectivity index (χ3v) is 6.38. The topological polar surface area (TPSA) is 53.2 Å². The zero-order chi connectivity index (χ0) is 16.0. The lowest BCUT2D eigenvalue weighted by Gasteiger charge is -2.30. The lowest BCUT2D eigenvalue weighted by molar-refractivity contribution is 0.0706. The van der Waals surface area contributed by atoms with Gasteiger partial charge in [0.15, 0.2) is 0 Å². The van der Waals surface area contributed by atoms with Crippen molar-refractivity contribution >= 4 is 5.91 Å². The Morgan fingerprint density at radius 2 is 2.13 bits per heavy atom. The zero-order valence-corrected chi connectivity index (χ0v) is 13.9. The number of hydrogen-bond donors (Lipinski definition) is 1. The Kier molecular flexibility index (Phi) is 3.78. The van der Waals surface area contributed by atoms with Crippen molar-refractivity contribution in [2.24, 2.45) is 17.8 Å². The minimum atomic E-state index is -0.249. The monoisotopic (exact) mass is 314 g/mol. The van der Waals surface area contributed by atoms with Crippen molar-refractivity contribution in [2.45, 2.75) is 57.9 Å². The molecule has 1 saturated heterocycles. The fourth-order valence-electron chi connectivity index (χ4n) is 5.26. The maximum atomic E-state index is 12.8. The molecule has 2 bridgehead atoms. The van der Waals surface area contributed by atoms with Gasteiger partial charge in [0.05, 0.1) is 0 Å². The highest BCUT2D eigenvalue weighted by Gasteiger charge is 2.42. The van der Waals surface area contributed by atoms with E-state index in [2.05, 4.69) is 4.98 Å². The number of H-pyrrole nitrogens is 1. The normalized spacial score (nSPS) is 32.7. The predicted octanol–water partition coefficient (Wildman–Crippen LogP) is 3.11. The summed E-state index contributed by atoms with van der Waals surface area (Å²) in [5, 5.41) is 0. The Morgan fingerprint density at radius 3 is 2.83 bits per heavy atom. The van der Waals surface area contributed by atoms with E-state index in [1.807, 2.05) is 17.9 Å². The second-order valence-corrected chi connectivity index (χ2v) is 7.85. The molecule has 1 aromatic rings. The highest BCUT2D eigenvalue weighted by molar-refractivity contribution is 5.94. The van der Waals surface area contributed by atoms with E-state index in [1.165, 1.54) is 25.7 Å². The van der Waals surface area contributed by atoms with E-state index in [9.17, 15) is 9.59 Å². The van der Waals surface area contributed by atoms with E-state index in [0.717, 1.165) is 49.3 Å². The van der Waals surface area contributed by atoms with Crippen LogP contribution in [0.2, 0.25) is 0 Å². The van der Waals surface area contributed by atoms with Crippen LogP contribution in [0.1, 0.15) is 61.0 Å². The Bertz CT molecular complexity index is 666. The van der Waals surface area contributed by atoms with E-state index in [1.54, 1.807) is 6.07 Å². The highest BCUT2D eigenvalue weighted by Crippen LogP contribution is 2.50. The van der Waals surface area contributed by atoms with E-state index >= 15 is 0 Å². The van der Waals surface area contributed by atoms with E-state index in [4.69, 9.17) is 0 Å². The summed E-state index contributed by atoms with van der Waals surface area (Å²) in [4.78, 5) is 29.6. The maximum Gasteiger partial charge on any atom is 0.260 e. The second-order valence-electron chi connectivity index (χ2n) is 7.85. The number of likely N-dealkylation sites (tertiary alicyclic amines) is 1. The van der Waals surface area contributed by atoms with Gasteiger partial charge in [-0.15, -0.1) is 0 Å². The third-order valence-electron chi connectivity index (χ3n) is 6.38. The average molecular weight is 314 g/mol. The summed E-state index contributed by atoms with van der Waals surface area (Å²) in [5.41, 5.74) is 0.850. The molecular formula is C19H26N2O2. The Balaban J connectivity index is 1.49. The van der Waals surface area contributed by atoms with Gasteiger partial charge in [0.1, 0.15) is 5.56 Å². The number of nitrogens with one attached hydrogen (secondary N) is 1. The molecule has 0 unspecified atom stereocenters. The van der Waals surface area contributed by atoms with Crippen LogP contribution in [-0.2, 0) is 0 Å². The molecule has 4 heteroatoms. The number of pyridine rings is 1. The number of aryl methyl sites for hydroxylation is 1. The quantitative estimate of drug-likeness (QED) is 0.932. The van der Waals surface area contributed by atoms with Gasteiger partial charge in [-0.05, 0) is 75.3 Å². The van der Waals surface area contributed by atoms with Crippen LogP contribution in [0.3, 0.4) is 0 Å². The maximum absolute atomic E-state index is 12.8. The molecule has 2 saturated carbocycles. The highest BCUT2D eigenvalue weighted by atomic mass is 16.2. The number of carbonyl (C=O) groups excluding carboxylic acids is 1. The molecule has 4 rings (SSSR count). The fourth-order valence-corrected chi connectivity index (χ4v) is 5.26. The first-order valence-electron chi connectivity index (χ1n) is 9.12. The number of fused-ring (bicyclic) bond motifs is 2. The van der Waals surface area contributed by atoms with Crippen molar-refractivity contribution in [3.8, 4) is 0 Å². The van der Waals surface area contributed by atoms with Crippen LogP contribution in [0.4, 0.5) is 0 Å². The first-order valence-corrected chi connectivity index (χ1v) is 9.12. The molecule has 1 N–H and O–H groups in total. The van der Waals surface area contributed by atoms with Gasteiger partial charge < -0.3 is 9.88 Å². The number of hydrogen-bond acceptors (Lipinski definition) is 2. The second kappa shape index (κ2) is 5.81. The van der Waals surface area contributed by atoms with Gasteiger partial charge in [-0.3, -0.25) is 9.59 Å². The lowest BCUT2D eigenvalue weighted by atomic mass is 9.83. The molecule has 4 atom stereocenters. The molecule has 1 amide bonds. The molecule has 124 valence electrons. The van der Waals surface area contributed by atoms with E-state index in [-0.39, 0.29) is 11.5 Å². The molecule has 2 aliphatic carbocycles. The van der Waals surface area contributed by atoms with Crippen molar-refractivity contribution in [1.29, 1.82) is 0 Å². The van der Waals surface area contributed by atoms with Crippen molar-refractivity contribution in [1.82, 2.24) is 9.88 Å². The Labute approximate surface area is 137 Å². The molecule has 3 aliphatic rings. The lowest BCUT2D eigenvalue weighted by Crippen LogP contribution is -2.39. The first kappa shape index (κ1) is 15.0. The summed E-state index contributed by atoms with van der Waals surface area (Å²) < 4.78 is 0. The fraction of sp³-hybridized carbons (Fsp3) is 0.684. The van der Waals surface area contributed by atoms with Gasteiger partial charge in [0.2, 0.25) is 0 Å². The van der Waals surface area contributed by atoms with Gasteiger partial charge in [-0.1, -0.05) is 6.42 Å². The molecule has 23 heavy (non-hydrogen) atoms. The summed E-state index contributed by atoms with van der Waals surface area (Å²) in [5.74, 6) is 2.59. The smallest absolute Gasteiger partial charge is 0.260 e. The van der Waals surface area contributed by atoms with Crippen LogP contribution in [0, 0.1) is 24.7 Å². The predicted molar refractivity (Wildman–Crippen MR) is 89.4 cm³/mol. The number of carbonyl (C=O) groups is 1. The SMILES string of the molecule is Cc1ccc(C(=O)N2CCC[C@H]2C[C@@H]2C[C@H]3CC[C@H]2C3)c(=O)[nH]1. The van der Waals surface area contributed by atoms with Crippen LogP contribution in [0.25, 0.3) is 0 Å². The van der Waals surface area contributed by atoms with Crippen LogP contribution in [-0.4, -0.2) is 28.4 Å². The third kappa shape index (κ3) is 2.73. The Hall–Kier alpha value is -1.58. The standard InChI is InChI=1S/C19H26N2O2/c1-12-4-7-17(18(22)20-12)19(23)21-8-2-3-16(21)11-15-10-13-5-6-14(15)9-13/h4,7,13-16H,2-3,5-6,8-11H2,1H3,(H,20,22)/t13-,14-,15-,16-/m0/s1. The molecule has 1 aliphatic heterocycles. The summed E-state index contributed by atoms with van der Waals surface area (Å²) in [6, 6.07) is 3.84. The Morgan fingerprint density at radius 1 is 1.26 bits per heavy atom. The molecular weight excluding hydrogens is 288 g/mol. The van der Waals surface area contributed by atoms with Crippen LogP contribution >= 0.6 is 0 Å². The molecule has 0 spiro atoms. The number of aromatic nitrogens is 1. The zero-order valence-electron chi connectivity index (χ0n) is 13.9. The molecule has 3 fully saturated rings. The number of rotatable bonds is 3. The molecule has 0 aromatic carbocycles. The number of amides is 1. The molecule has 2 heterocycles. The number of nitrogens with zero attached hydrogens (tertiary/aromatic N) is 1. The number of aromatic amines is 1. The summed E-state index contributed by atoms with van der Waals surface area (Å²) in [6.07, 6.45) is 8.93. The molecule has 0 radical (unpaired) electrons. The van der Waals surface area contributed by atoms with Crippen molar-refractivity contribution in [2.75, 3.05) is 6.54 Å². The molecule has 4 nitrogen and oxygen atoms in total. The van der Waals surface area contributed by atoms with Crippen molar-refractivity contribution in [3.63, 3.8) is 0 Å². The minimum absolute atomic E-state index is 0.0723.